The molecule has 0 aromatic heterocycles. The number of aryl methyl sites for hydroxylation is 1. The van der Waals surface area contributed by atoms with Gasteiger partial charge >= 0.3 is 6.18 Å². The van der Waals surface area contributed by atoms with E-state index in [1.165, 1.54) is 18.2 Å². The van der Waals surface area contributed by atoms with Crippen LogP contribution in [0.1, 0.15) is 21.5 Å². The monoisotopic (exact) mass is 434 g/mol. The Morgan fingerprint density at radius 1 is 0.867 bits per heavy atom. The van der Waals surface area contributed by atoms with E-state index in [2.05, 4.69) is 10.0 Å². The molecule has 0 fully saturated rings. The molecule has 5 nitrogen and oxygen atoms in total. The molecule has 0 radical (unpaired) electrons. The van der Waals surface area contributed by atoms with E-state index in [4.69, 9.17) is 0 Å². The summed E-state index contributed by atoms with van der Waals surface area (Å²) in [6.45, 7) is 1.90. The van der Waals surface area contributed by atoms with E-state index in [1.54, 1.807) is 18.2 Å². The number of anilines is 2. The molecule has 3 aromatic rings. The molecule has 1 amide bonds. The summed E-state index contributed by atoms with van der Waals surface area (Å²) in [6, 6.07) is 16.1. The van der Waals surface area contributed by atoms with Gasteiger partial charge in [-0.3, -0.25) is 9.52 Å². The Balaban J connectivity index is 1.84. The number of carbonyl (C=O) groups excluding carboxylic acids is 1. The third-order valence-electron chi connectivity index (χ3n) is 4.22. The van der Waals surface area contributed by atoms with E-state index in [-0.39, 0.29) is 16.1 Å². The zero-order valence-electron chi connectivity index (χ0n) is 15.7. The van der Waals surface area contributed by atoms with Crippen LogP contribution in [0.5, 0.6) is 0 Å². The summed E-state index contributed by atoms with van der Waals surface area (Å²) >= 11 is 0. The highest BCUT2D eigenvalue weighted by atomic mass is 32.2. The molecule has 3 rings (SSSR count). The minimum absolute atomic E-state index is 0.00186. The highest BCUT2D eigenvalue weighted by Gasteiger charge is 2.30. The molecule has 0 aliphatic heterocycles. The molecule has 0 unspecified atom stereocenters. The van der Waals surface area contributed by atoms with Crippen LogP contribution >= 0.6 is 0 Å². The molecule has 0 saturated carbocycles. The van der Waals surface area contributed by atoms with Crippen molar-refractivity contribution in [2.75, 3.05) is 10.0 Å². The molecule has 3 aromatic carbocycles. The van der Waals surface area contributed by atoms with Crippen LogP contribution < -0.4 is 10.0 Å². The van der Waals surface area contributed by atoms with Crippen molar-refractivity contribution in [2.45, 2.75) is 18.0 Å². The van der Waals surface area contributed by atoms with Gasteiger partial charge in [-0.05, 0) is 55.5 Å². The zero-order valence-corrected chi connectivity index (χ0v) is 16.5. The molecular weight excluding hydrogens is 417 g/mol. The molecule has 0 atom stereocenters. The molecular formula is C21H17F3N2O3S. The number of halogens is 3. The second kappa shape index (κ2) is 8.19. The van der Waals surface area contributed by atoms with Crippen LogP contribution in [0.15, 0.2) is 77.7 Å². The second-order valence-electron chi connectivity index (χ2n) is 6.49. The molecule has 0 aliphatic carbocycles. The van der Waals surface area contributed by atoms with Gasteiger partial charge in [-0.2, -0.15) is 13.2 Å². The number of amides is 1. The Hall–Kier alpha value is -3.33. The number of nitrogens with one attached hydrogen (secondary N) is 2. The lowest BCUT2D eigenvalue weighted by Crippen LogP contribution is -2.18. The summed E-state index contributed by atoms with van der Waals surface area (Å²) in [5.41, 5.74) is 0.651. The van der Waals surface area contributed by atoms with Crippen molar-refractivity contribution in [1.82, 2.24) is 0 Å². The van der Waals surface area contributed by atoms with E-state index < -0.39 is 27.7 Å². The molecule has 0 heterocycles. The predicted octanol–water partition coefficient (Wildman–Crippen LogP) is 5.07. The van der Waals surface area contributed by atoms with Gasteiger partial charge in [-0.1, -0.05) is 29.8 Å². The summed E-state index contributed by atoms with van der Waals surface area (Å²) in [5.74, 6) is -0.537. The summed E-state index contributed by atoms with van der Waals surface area (Å²) in [4.78, 5) is 12.3. The lowest BCUT2D eigenvalue weighted by Gasteiger charge is -2.13. The van der Waals surface area contributed by atoms with Crippen molar-refractivity contribution in [3.05, 3.63) is 89.5 Å². The van der Waals surface area contributed by atoms with E-state index >= 15 is 0 Å². The van der Waals surface area contributed by atoms with E-state index in [0.717, 1.165) is 17.7 Å². The number of carbonyl (C=O) groups is 1. The number of hydrogen-bond donors (Lipinski definition) is 2. The lowest BCUT2D eigenvalue weighted by atomic mass is 10.1. The highest BCUT2D eigenvalue weighted by Crippen LogP contribution is 2.30. The standard InChI is InChI=1S/C21H17F3N2O3S/c1-14-6-10-16(11-7-14)25-20(27)18-4-2-3-5-19(18)26-30(28,29)17-12-8-15(9-13-17)21(22,23)24/h2-13,26H,1H3,(H,25,27). The number of rotatable bonds is 5. The van der Waals surface area contributed by atoms with Crippen LogP contribution in [0.2, 0.25) is 0 Å². The fraction of sp³-hybridized carbons (Fsp3) is 0.0952. The van der Waals surface area contributed by atoms with Gasteiger partial charge in [0.25, 0.3) is 15.9 Å². The fourth-order valence-corrected chi connectivity index (χ4v) is 3.71. The van der Waals surface area contributed by atoms with Crippen LogP contribution in [-0.2, 0) is 16.2 Å². The van der Waals surface area contributed by atoms with Gasteiger partial charge in [0, 0.05) is 5.69 Å². The van der Waals surface area contributed by atoms with Gasteiger partial charge in [0.05, 0.1) is 21.7 Å². The Bertz CT molecular complexity index is 1160. The number of sulfonamides is 1. The number of para-hydroxylation sites is 1. The van der Waals surface area contributed by atoms with Gasteiger partial charge in [0.15, 0.2) is 0 Å². The normalized spacial score (nSPS) is 11.7. The smallest absolute Gasteiger partial charge is 0.322 e. The second-order valence-corrected chi connectivity index (χ2v) is 8.18. The average molecular weight is 434 g/mol. The minimum atomic E-state index is -4.57. The maximum atomic E-state index is 12.7. The van der Waals surface area contributed by atoms with Crippen molar-refractivity contribution in [3.63, 3.8) is 0 Å². The van der Waals surface area contributed by atoms with Crippen molar-refractivity contribution >= 4 is 27.3 Å². The first-order chi connectivity index (χ1) is 14.1. The van der Waals surface area contributed by atoms with Crippen molar-refractivity contribution in [3.8, 4) is 0 Å². The molecule has 0 aliphatic rings. The Kier molecular flexibility index (Phi) is 5.84. The largest absolute Gasteiger partial charge is 0.416 e. The Labute approximate surface area is 171 Å². The molecule has 156 valence electrons. The summed E-state index contributed by atoms with van der Waals surface area (Å²) in [5, 5.41) is 2.68. The maximum absolute atomic E-state index is 12.7. The van der Waals surface area contributed by atoms with Crippen LogP contribution in [0, 0.1) is 6.92 Å². The Morgan fingerprint density at radius 2 is 1.47 bits per heavy atom. The molecule has 2 N–H and O–H groups in total. The third kappa shape index (κ3) is 4.98. The molecule has 30 heavy (non-hydrogen) atoms. The zero-order chi connectivity index (χ0) is 21.9. The first kappa shape index (κ1) is 21.4. The highest BCUT2D eigenvalue weighted by molar-refractivity contribution is 7.92. The van der Waals surface area contributed by atoms with Crippen LogP contribution in [0.4, 0.5) is 24.5 Å². The summed E-state index contributed by atoms with van der Waals surface area (Å²) < 4.78 is 65.6. The Morgan fingerprint density at radius 3 is 2.07 bits per heavy atom. The average Bonchev–Trinajstić information content (AvgIpc) is 2.69. The SMILES string of the molecule is Cc1ccc(NC(=O)c2ccccc2NS(=O)(=O)c2ccc(C(F)(F)F)cc2)cc1. The number of hydrogen-bond acceptors (Lipinski definition) is 3. The molecule has 0 saturated heterocycles. The molecule has 0 spiro atoms. The van der Waals surface area contributed by atoms with Crippen molar-refractivity contribution < 1.29 is 26.4 Å². The van der Waals surface area contributed by atoms with Crippen molar-refractivity contribution in [1.29, 1.82) is 0 Å². The first-order valence-corrected chi connectivity index (χ1v) is 10.2. The lowest BCUT2D eigenvalue weighted by molar-refractivity contribution is -0.137. The predicted molar refractivity (Wildman–Crippen MR) is 108 cm³/mol. The van der Waals surface area contributed by atoms with Crippen LogP contribution in [0.3, 0.4) is 0 Å². The van der Waals surface area contributed by atoms with Gasteiger partial charge in [-0.15, -0.1) is 0 Å². The quantitative estimate of drug-likeness (QED) is 0.589. The van der Waals surface area contributed by atoms with Gasteiger partial charge < -0.3 is 5.32 Å². The third-order valence-corrected chi connectivity index (χ3v) is 5.60. The minimum Gasteiger partial charge on any atom is -0.322 e. The first-order valence-electron chi connectivity index (χ1n) is 8.73. The summed E-state index contributed by atoms with van der Waals surface area (Å²) in [7, 11) is -4.21. The maximum Gasteiger partial charge on any atom is 0.416 e. The fourth-order valence-electron chi connectivity index (χ4n) is 2.63. The van der Waals surface area contributed by atoms with Gasteiger partial charge in [-0.25, -0.2) is 8.42 Å². The van der Waals surface area contributed by atoms with Crippen LogP contribution in [-0.4, -0.2) is 14.3 Å². The summed E-state index contributed by atoms with van der Waals surface area (Å²) in [6.07, 6.45) is -4.57. The van der Waals surface area contributed by atoms with E-state index in [0.29, 0.717) is 17.8 Å². The van der Waals surface area contributed by atoms with Gasteiger partial charge in [0.1, 0.15) is 0 Å². The topological polar surface area (TPSA) is 75.3 Å². The molecule has 9 heteroatoms. The van der Waals surface area contributed by atoms with E-state index in [9.17, 15) is 26.4 Å². The van der Waals surface area contributed by atoms with Crippen molar-refractivity contribution in [2.24, 2.45) is 0 Å². The van der Waals surface area contributed by atoms with E-state index in [1.807, 2.05) is 19.1 Å². The number of alkyl halides is 3. The van der Waals surface area contributed by atoms with Gasteiger partial charge in [0.2, 0.25) is 0 Å². The molecule has 0 bridgehead atoms. The van der Waals surface area contributed by atoms with Crippen LogP contribution in [0.25, 0.3) is 0 Å². The number of benzene rings is 3.